The number of aromatic nitrogens is 4. The van der Waals surface area contributed by atoms with E-state index in [2.05, 4.69) is 30.4 Å². The van der Waals surface area contributed by atoms with E-state index in [1.54, 1.807) is 6.92 Å². The third-order valence-electron chi connectivity index (χ3n) is 2.64. The number of hydrogen-bond acceptors (Lipinski definition) is 7. The lowest BCUT2D eigenvalue weighted by Crippen LogP contribution is -2.27. The number of hydrogen-bond donors (Lipinski definition) is 3. The Bertz CT molecular complexity index is 690. The number of H-pyrrole nitrogens is 1. The summed E-state index contributed by atoms with van der Waals surface area (Å²) >= 11 is 0. The van der Waals surface area contributed by atoms with Gasteiger partial charge in [0, 0.05) is 25.1 Å². The van der Waals surface area contributed by atoms with Crippen molar-refractivity contribution in [1.29, 1.82) is 0 Å². The van der Waals surface area contributed by atoms with Gasteiger partial charge in [0.05, 0.1) is 12.7 Å². The summed E-state index contributed by atoms with van der Waals surface area (Å²) in [6, 6.07) is 0.241. The Morgan fingerprint density at radius 1 is 1.38 bits per heavy atom. The quantitative estimate of drug-likeness (QED) is 0.660. The molecule has 116 valence electrons. The Labute approximate surface area is 122 Å². The summed E-state index contributed by atoms with van der Waals surface area (Å²) in [6.45, 7) is 5.95. The van der Waals surface area contributed by atoms with Crippen LogP contribution in [0.15, 0.2) is 15.7 Å². The summed E-state index contributed by atoms with van der Waals surface area (Å²) < 4.78 is 31.7. The van der Waals surface area contributed by atoms with Gasteiger partial charge in [-0.1, -0.05) is 19.0 Å². The summed E-state index contributed by atoms with van der Waals surface area (Å²) in [5, 5.41) is 13.1. The van der Waals surface area contributed by atoms with Crippen LogP contribution in [0.3, 0.4) is 0 Å². The van der Waals surface area contributed by atoms with Crippen LogP contribution in [-0.2, 0) is 23.1 Å². The second-order valence-corrected chi connectivity index (χ2v) is 6.52. The smallest absolute Gasteiger partial charge is 0.258 e. The second kappa shape index (κ2) is 6.33. The number of rotatable bonds is 7. The van der Waals surface area contributed by atoms with Gasteiger partial charge in [0.25, 0.3) is 10.0 Å². The van der Waals surface area contributed by atoms with Crippen molar-refractivity contribution < 1.29 is 12.9 Å². The molecule has 0 radical (unpaired) electrons. The minimum atomic E-state index is -3.71. The monoisotopic (exact) mass is 314 g/mol. The summed E-state index contributed by atoms with van der Waals surface area (Å²) in [7, 11) is -3.71. The van der Waals surface area contributed by atoms with Gasteiger partial charge >= 0.3 is 0 Å². The van der Waals surface area contributed by atoms with Gasteiger partial charge in [-0.05, 0) is 0 Å². The first-order valence-electron chi connectivity index (χ1n) is 6.43. The van der Waals surface area contributed by atoms with Gasteiger partial charge in [0.1, 0.15) is 0 Å². The lowest BCUT2D eigenvalue weighted by molar-refractivity contribution is 0.387. The standard InChI is InChI=1S/C11H18N6O3S/c1-7(2)12-4-9-5-13-16-11(9)21(18,19)14-6-10-15-8(3)20-17-10/h5,7,12,14H,4,6H2,1-3H3,(H,13,16). The van der Waals surface area contributed by atoms with Gasteiger partial charge in [0.15, 0.2) is 10.9 Å². The maximum atomic E-state index is 12.2. The lowest BCUT2D eigenvalue weighted by Gasteiger charge is -2.08. The second-order valence-electron chi connectivity index (χ2n) is 4.81. The van der Waals surface area contributed by atoms with Crippen molar-refractivity contribution >= 4 is 10.0 Å². The predicted molar refractivity (Wildman–Crippen MR) is 73.6 cm³/mol. The number of nitrogens with one attached hydrogen (secondary N) is 3. The van der Waals surface area contributed by atoms with Gasteiger partial charge in [-0.25, -0.2) is 13.1 Å². The number of aryl methyl sites for hydroxylation is 1. The molecule has 0 atom stereocenters. The first-order chi connectivity index (χ1) is 9.88. The van der Waals surface area contributed by atoms with Crippen LogP contribution >= 0.6 is 0 Å². The molecular weight excluding hydrogens is 296 g/mol. The molecule has 0 bridgehead atoms. The van der Waals surface area contributed by atoms with Crippen molar-refractivity contribution in [3.05, 3.63) is 23.5 Å². The Kier molecular flexibility index (Phi) is 4.70. The highest BCUT2D eigenvalue weighted by molar-refractivity contribution is 7.89. The van der Waals surface area contributed by atoms with E-state index in [1.807, 2.05) is 13.8 Å². The fourth-order valence-electron chi connectivity index (χ4n) is 1.62. The number of sulfonamides is 1. The molecule has 0 spiro atoms. The Morgan fingerprint density at radius 3 is 2.76 bits per heavy atom. The third kappa shape index (κ3) is 4.09. The van der Waals surface area contributed by atoms with Crippen molar-refractivity contribution in [3.63, 3.8) is 0 Å². The predicted octanol–water partition coefficient (Wildman–Crippen LogP) is 0.0776. The number of nitrogens with zero attached hydrogens (tertiary/aromatic N) is 3. The molecule has 0 aliphatic carbocycles. The summed E-state index contributed by atoms with van der Waals surface area (Å²) in [6.07, 6.45) is 1.49. The van der Waals surface area contributed by atoms with E-state index in [4.69, 9.17) is 4.52 Å². The lowest BCUT2D eigenvalue weighted by atomic mass is 10.3. The van der Waals surface area contributed by atoms with Crippen LogP contribution < -0.4 is 10.0 Å². The van der Waals surface area contributed by atoms with Crippen molar-refractivity contribution in [2.24, 2.45) is 0 Å². The van der Waals surface area contributed by atoms with Crippen LogP contribution in [0.1, 0.15) is 31.1 Å². The Hall–Kier alpha value is -1.78. The Morgan fingerprint density at radius 2 is 2.14 bits per heavy atom. The minimum absolute atomic E-state index is 0.0378. The molecule has 2 heterocycles. The highest BCUT2D eigenvalue weighted by Gasteiger charge is 2.21. The zero-order valence-electron chi connectivity index (χ0n) is 12.0. The van der Waals surface area contributed by atoms with E-state index in [0.717, 1.165) is 0 Å². The molecule has 0 amide bonds. The summed E-state index contributed by atoms with van der Waals surface area (Å²) in [5.74, 6) is 0.657. The highest BCUT2D eigenvalue weighted by atomic mass is 32.2. The van der Waals surface area contributed by atoms with Crippen LogP contribution in [0.2, 0.25) is 0 Å². The van der Waals surface area contributed by atoms with Crippen molar-refractivity contribution in [1.82, 2.24) is 30.4 Å². The molecule has 0 aliphatic rings. The molecule has 10 heteroatoms. The van der Waals surface area contributed by atoms with Crippen LogP contribution in [0.5, 0.6) is 0 Å². The van der Waals surface area contributed by atoms with Gasteiger partial charge in [0.2, 0.25) is 5.89 Å². The normalized spacial score (nSPS) is 12.2. The first kappa shape index (κ1) is 15.6. The zero-order valence-corrected chi connectivity index (χ0v) is 12.9. The molecule has 0 saturated heterocycles. The van der Waals surface area contributed by atoms with Gasteiger partial charge in [-0.2, -0.15) is 10.1 Å². The fourth-order valence-corrected chi connectivity index (χ4v) is 2.72. The van der Waals surface area contributed by atoms with Crippen molar-refractivity contribution in [2.45, 2.75) is 44.9 Å². The van der Waals surface area contributed by atoms with E-state index in [1.165, 1.54) is 6.20 Å². The van der Waals surface area contributed by atoms with E-state index < -0.39 is 10.0 Å². The molecular formula is C11H18N6O3S. The topological polar surface area (TPSA) is 126 Å². The molecule has 3 N–H and O–H groups in total. The number of aromatic amines is 1. The molecule has 0 saturated carbocycles. The molecule has 0 aromatic carbocycles. The zero-order chi connectivity index (χ0) is 15.5. The molecule has 0 unspecified atom stereocenters. The molecule has 21 heavy (non-hydrogen) atoms. The Balaban J connectivity index is 2.07. The summed E-state index contributed by atoms with van der Waals surface area (Å²) in [4.78, 5) is 3.93. The first-order valence-corrected chi connectivity index (χ1v) is 7.91. The average molecular weight is 314 g/mol. The summed E-state index contributed by atoms with van der Waals surface area (Å²) in [5.41, 5.74) is 0.570. The molecule has 2 rings (SSSR count). The largest absolute Gasteiger partial charge is 0.340 e. The highest BCUT2D eigenvalue weighted by Crippen LogP contribution is 2.12. The molecule has 0 aliphatic heterocycles. The van der Waals surface area contributed by atoms with Crippen LogP contribution in [0, 0.1) is 6.92 Å². The van der Waals surface area contributed by atoms with E-state index >= 15 is 0 Å². The van der Waals surface area contributed by atoms with Crippen molar-refractivity contribution in [2.75, 3.05) is 0 Å². The van der Waals surface area contributed by atoms with E-state index in [9.17, 15) is 8.42 Å². The third-order valence-corrected chi connectivity index (χ3v) is 4.05. The maximum absolute atomic E-state index is 12.2. The van der Waals surface area contributed by atoms with E-state index in [0.29, 0.717) is 18.0 Å². The molecule has 0 fully saturated rings. The van der Waals surface area contributed by atoms with Crippen LogP contribution in [0.4, 0.5) is 0 Å². The van der Waals surface area contributed by atoms with Crippen LogP contribution in [-0.4, -0.2) is 34.8 Å². The average Bonchev–Trinajstić information content (AvgIpc) is 3.03. The van der Waals surface area contributed by atoms with E-state index in [-0.39, 0.29) is 23.4 Å². The molecule has 2 aromatic heterocycles. The maximum Gasteiger partial charge on any atom is 0.258 e. The SMILES string of the molecule is Cc1nc(CNS(=O)(=O)c2[nH]ncc2CNC(C)C)no1. The van der Waals surface area contributed by atoms with Crippen molar-refractivity contribution in [3.8, 4) is 0 Å². The van der Waals surface area contributed by atoms with Gasteiger partial charge in [-0.3, -0.25) is 5.10 Å². The minimum Gasteiger partial charge on any atom is -0.340 e. The van der Waals surface area contributed by atoms with Gasteiger partial charge in [-0.15, -0.1) is 0 Å². The van der Waals surface area contributed by atoms with Crippen LogP contribution in [0.25, 0.3) is 0 Å². The molecule has 2 aromatic rings. The van der Waals surface area contributed by atoms with Gasteiger partial charge < -0.3 is 9.84 Å². The fraction of sp³-hybridized carbons (Fsp3) is 0.545. The molecule has 9 nitrogen and oxygen atoms in total.